The maximum Gasteiger partial charge on any atom is 0.416 e. The zero-order valence-corrected chi connectivity index (χ0v) is 18.3. The molecule has 6 heteroatoms. The van der Waals surface area contributed by atoms with Crippen molar-refractivity contribution >= 4 is 6.08 Å². The highest BCUT2D eigenvalue weighted by Crippen LogP contribution is 2.56. The summed E-state index contributed by atoms with van der Waals surface area (Å²) in [5.41, 5.74) is -0.573. The summed E-state index contributed by atoms with van der Waals surface area (Å²) in [6.45, 7) is 0. The lowest BCUT2D eigenvalue weighted by atomic mass is 9.57. The van der Waals surface area contributed by atoms with E-state index in [1.165, 1.54) is 12.1 Å². The van der Waals surface area contributed by atoms with Gasteiger partial charge in [-0.2, -0.15) is 26.3 Å². The van der Waals surface area contributed by atoms with E-state index in [4.69, 9.17) is 0 Å². The quantitative estimate of drug-likeness (QED) is 0.327. The number of halogens is 6. The van der Waals surface area contributed by atoms with E-state index in [0.717, 1.165) is 35.4 Å². The normalized spacial score (nSPS) is 17.8. The Morgan fingerprint density at radius 1 is 0.543 bits per heavy atom. The van der Waals surface area contributed by atoms with Crippen molar-refractivity contribution in [1.29, 1.82) is 0 Å². The molecule has 0 bridgehead atoms. The van der Waals surface area contributed by atoms with E-state index in [2.05, 4.69) is 0 Å². The van der Waals surface area contributed by atoms with Gasteiger partial charge in [0.25, 0.3) is 0 Å². The summed E-state index contributed by atoms with van der Waals surface area (Å²) in [6, 6.07) is 17.4. The van der Waals surface area contributed by atoms with Crippen LogP contribution in [0, 0.1) is 5.92 Å². The van der Waals surface area contributed by atoms with E-state index < -0.39 is 40.7 Å². The smallest absolute Gasteiger partial charge is 0.166 e. The number of alkyl halides is 6. The molecule has 0 spiro atoms. The molecule has 178 valence electrons. The average molecular weight is 482 g/mol. The molecule has 0 saturated carbocycles. The van der Waals surface area contributed by atoms with Crippen molar-refractivity contribution in [1.82, 2.24) is 0 Å². The molecule has 1 atom stereocenters. The lowest BCUT2D eigenvalue weighted by Crippen LogP contribution is -2.40. The van der Waals surface area contributed by atoms with Crippen molar-refractivity contribution in [3.8, 4) is 0 Å². The highest BCUT2D eigenvalue weighted by molar-refractivity contribution is 5.67. The highest BCUT2D eigenvalue weighted by atomic mass is 19.4. The lowest BCUT2D eigenvalue weighted by Gasteiger charge is -2.44. The number of allylic oxidation sites excluding steroid dienone is 5. The molecule has 3 aromatic carbocycles. The van der Waals surface area contributed by atoms with Crippen LogP contribution in [0.1, 0.15) is 39.3 Å². The molecule has 1 unspecified atom stereocenters. The molecule has 3 aromatic rings. The molecule has 0 radical (unpaired) electrons. The van der Waals surface area contributed by atoms with Gasteiger partial charge in [0.15, 0.2) is 0 Å². The van der Waals surface area contributed by atoms with E-state index in [-0.39, 0.29) is 0 Å². The molecule has 2 aliphatic carbocycles. The van der Waals surface area contributed by atoms with Crippen LogP contribution >= 0.6 is 0 Å². The van der Waals surface area contributed by atoms with Crippen LogP contribution in [0.3, 0.4) is 0 Å². The van der Waals surface area contributed by atoms with Gasteiger partial charge in [0, 0.05) is 17.3 Å². The van der Waals surface area contributed by atoms with Gasteiger partial charge in [0.1, 0.15) is 0 Å². The minimum Gasteiger partial charge on any atom is -0.166 e. The molecule has 0 aromatic heterocycles. The van der Waals surface area contributed by atoms with Gasteiger partial charge < -0.3 is 0 Å². The summed E-state index contributed by atoms with van der Waals surface area (Å²) in [5.74, 6) is -0.974. The van der Waals surface area contributed by atoms with Crippen LogP contribution in [0.25, 0.3) is 6.08 Å². The van der Waals surface area contributed by atoms with Crippen LogP contribution in [-0.4, -0.2) is 0 Å². The predicted molar refractivity (Wildman–Crippen MR) is 124 cm³/mol. The van der Waals surface area contributed by atoms with Crippen LogP contribution in [-0.2, 0) is 17.8 Å². The Balaban J connectivity index is 1.86. The summed E-state index contributed by atoms with van der Waals surface area (Å²) in [5, 5.41) is 0. The van der Waals surface area contributed by atoms with Gasteiger partial charge in [0.05, 0.1) is 11.1 Å². The Labute approximate surface area is 198 Å². The number of rotatable bonds is 4. The summed E-state index contributed by atoms with van der Waals surface area (Å²) < 4.78 is 82.7. The molecule has 35 heavy (non-hydrogen) atoms. The molecule has 0 fully saturated rings. The number of fused-ring (bicyclic) bond motifs is 1. The van der Waals surface area contributed by atoms with E-state index >= 15 is 0 Å². The summed E-state index contributed by atoms with van der Waals surface area (Å²) in [4.78, 5) is 0. The Kier molecular flexibility index (Phi) is 5.50. The topological polar surface area (TPSA) is 0 Å². The first-order chi connectivity index (χ1) is 16.6. The molecule has 0 nitrogen and oxygen atoms in total. The van der Waals surface area contributed by atoms with Crippen molar-refractivity contribution in [2.45, 2.75) is 23.7 Å². The highest BCUT2D eigenvalue weighted by Gasteiger charge is 2.49. The van der Waals surface area contributed by atoms with Crippen molar-refractivity contribution < 1.29 is 26.3 Å². The second-order valence-corrected chi connectivity index (χ2v) is 8.79. The number of benzene rings is 3. The molecule has 0 saturated heterocycles. The third-order valence-corrected chi connectivity index (χ3v) is 6.90. The Morgan fingerprint density at radius 2 is 1.06 bits per heavy atom. The largest absolute Gasteiger partial charge is 0.416 e. The summed E-state index contributed by atoms with van der Waals surface area (Å²) in [6.07, 6.45) is 1.84. The van der Waals surface area contributed by atoms with Crippen molar-refractivity contribution in [3.63, 3.8) is 0 Å². The molecule has 0 N–H and O–H groups in total. The molecule has 2 aliphatic rings. The van der Waals surface area contributed by atoms with Crippen LogP contribution in [0.4, 0.5) is 26.3 Å². The first-order valence-corrected chi connectivity index (χ1v) is 11.1. The minimum absolute atomic E-state index is 0.305. The molecule has 0 aliphatic heterocycles. The molecule has 0 amide bonds. The zero-order chi connectivity index (χ0) is 24.8. The summed E-state index contributed by atoms with van der Waals surface area (Å²) >= 11 is 0. The second kappa shape index (κ2) is 8.29. The molecular weight excluding hydrogens is 462 g/mol. The van der Waals surface area contributed by atoms with Gasteiger partial charge >= 0.3 is 12.4 Å². The maximum absolute atomic E-state index is 13.8. The van der Waals surface area contributed by atoms with Crippen LogP contribution < -0.4 is 0 Å². The first-order valence-electron chi connectivity index (χ1n) is 11.1. The van der Waals surface area contributed by atoms with Crippen molar-refractivity contribution in [2.75, 3.05) is 0 Å². The van der Waals surface area contributed by atoms with Gasteiger partial charge in [-0.3, -0.25) is 0 Å². The van der Waals surface area contributed by atoms with Gasteiger partial charge in [0.2, 0.25) is 0 Å². The van der Waals surface area contributed by atoms with E-state index in [9.17, 15) is 26.3 Å². The molecule has 0 heterocycles. The van der Waals surface area contributed by atoms with Crippen LogP contribution in [0.5, 0.6) is 0 Å². The Morgan fingerprint density at radius 3 is 1.60 bits per heavy atom. The van der Waals surface area contributed by atoms with Gasteiger partial charge in [-0.05, 0) is 34.4 Å². The fourth-order valence-electron chi connectivity index (χ4n) is 5.41. The number of hydrogen-bond acceptors (Lipinski definition) is 0. The Hall–Kier alpha value is -3.54. The van der Waals surface area contributed by atoms with Gasteiger partial charge in [-0.15, -0.1) is 0 Å². The van der Waals surface area contributed by atoms with Crippen molar-refractivity contribution in [3.05, 3.63) is 137 Å². The first kappa shape index (κ1) is 23.2. The van der Waals surface area contributed by atoms with Gasteiger partial charge in [-0.1, -0.05) is 97.1 Å². The van der Waals surface area contributed by atoms with Crippen molar-refractivity contribution in [2.24, 2.45) is 5.92 Å². The van der Waals surface area contributed by atoms with Gasteiger partial charge in [-0.25, -0.2) is 0 Å². The lowest BCUT2D eigenvalue weighted by molar-refractivity contribution is -0.138. The van der Waals surface area contributed by atoms with E-state index in [1.807, 2.05) is 48.6 Å². The standard InChI is InChI=1S/C29H20F6/c30-28(31,32)23-12-5-10-21(17-23)27(20-8-2-3-9-20,22-11-6-13-24(18-22)29(33,34)35)26-16-15-19-7-1-4-14-25(19)26/h1-18,20,26H. The fraction of sp³-hybridized carbons (Fsp3) is 0.172. The second-order valence-electron chi connectivity index (χ2n) is 8.79. The maximum atomic E-state index is 13.8. The Bertz CT molecular complexity index is 1270. The average Bonchev–Trinajstić information content (AvgIpc) is 3.51. The third-order valence-electron chi connectivity index (χ3n) is 6.90. The minimum atomic E-state index is -4.60. The SMILES string of the molecule is FC(F)(F)c1cccc(C(c2cccc(C(F)(F)F)c2)(C2C=CC=C2)C2C=Cc3ccccc32)c1. The monoisotopic (exact) mass is 482 g/mol. The zero-order valence-electron chi connectivity index (χ0n) is 18.3. The van der Waals surface area contributed by atoms with E-state index in [0.29, 0.717) is 11.1 Å². The van der Waals surface area contributed by atoms with E-state index in [1.54, 1.807) is 24.3 Å². The molecule has 5 rings (SSSR count). The number of hydrogen-bond donors (Lipinski definition) is 0. The third kappa shape index (κ3) is 3.91. The fourth-order valence-corrected chi connectivity index (χ4v) is 5.41. The summed E-state index contributed by atoms with van der Waals surface area (Å²) in [7, 11) is 0. The predicted octanol–water partition coefficient (Wildman–Crippen LogP) is 8.56. The van der Waals surface area contributed by atoms with Crippen LogP contribution in [0.15, 0.2) is 103 Å². The molecular formula is C29H20F6. The van der Waals surface area contributed by atoms with Crippen LogP contribution in [0.2, 0.25) is 0 Å².